The molecule has 0 aromatic carbocycles. The quantitative estimate of drug-likeness (QED) is 0.259. The zero-order valence-corrected chi connectivity index (χ0v) is 18.8. The molecular formula is C20H36F2N5P. The third-order valence-corrected chi connectivity index (χ3v) is 6.65. The average Bonchev–Trinajstić information content (AvgIpc) is 2.74. The van der Waals surface area contributed by atoms with Gasteiger partial charge in [0, 0.05) is 0 Å². The van der Waals surface area contributed by atoms with Crippen LogP contribution in [0.2, 0.25) is 0 Å². The second-order valence-electron chi connectivity index (χ2n) is 7.46. The fourth-order valence-corrected chi connectivity index (χ4v) is 3.05. The van der Waals surface area contributed by atoms with Crippen molar-refractivity contribution in [2.24, 2.45) is 0 Å². The van der Waals surface area contributed by atoms with Gasteiger partial charge < -0.3 is 4.48 Å². The minimum absolute atomic E-state index is 0.237. The van der Waals surface area contributed by atoms with Crippen molar-refractivity contribution in [3.8, 4) is 23.2 Å². The Hall–Kier alpha value is -1.79. The molecule has 0 aliphatic rings. The van der Waals surface area contributed by atoms with E-state index in [2.05, 4.69) is 27.7 Å². The van der Waals surface area contributed by atoms with E-state index in [0.29, 0.717) is 0 Å². The molecule has 0 fully saturated rings. The number of quaternary nitrogens is 1. The summed E-state index contributed by atoms with van der Waals surface area (Å²) in [5.41, 5.74) is 0. The fraction of sp³-hybridized carbons (Fsp3) is 0.800. The van der Waals surface area contributed by atoms with Gasteiger partial charge in [-0.1, -0.05) is 53.4 Å². The zero-order valence-electron chi connectivity index (χ0n) is 17.9. The van der Waals surface area contributed by atoms with E-state index in [4.69, 9.17) is 21.0 Å². The summed E-state index contributed by atoms with van der Waals surface area (Å²) < 4.78 is 27.0. The molecule has 0 aromatic rings. The van der Waals surface area contributed by atoms with Crippen molar-refractivity contribution in [2.45, 2.75) is 79.1 Å². The Balaban J connectivity index is 0. The predicted octanol–water partition coefficient (Wildman–Crippen LogP) is 6.77. The molecular weight excluding hydrogens is 379 g/mol. The fourth-order valence-electron chi connectivity index (χ4n) is 2.78. The van der Waals surface area contributed by atoms with E-state index < -0.39 is 6.57 Å². The number of nitriles is 4. The molecule has 28 heavy (non-hydrogen) atoms. The van der Waals surface area contributed by atoms with Crippen molar-refractivity contribution >= 4 is 6.57 Å². The van der Waals surface area contributed by atoms with Gasteiger partial charge >= 0.3 is 59.2 Å². The molecule has 0 N–H and O–H groups in total. The summed E-state index contributed by atoms with van der Waals surface area (Å²) >= 11 is 0. The van der Waals surface area contributed by atoms with Crippen molar-refractivity contribution in [3.05, 3.63) is 0 Å². The molecule has 0 aromatic heterocycles. The van der Waals surface area contributed by atoms with Crippen LogP contribution in [0.3, 0.4) is 0 Å². The Labute approximate surface area is 169 Å². The van der Waals surface area contributed by atoms with Crippen LogP contribution in [-0.4, -0.2) is 30.7 Å². The van der Waals surface area contributed by atoms with Gasteiger partial charge in [0.2, 0.25) is 0 Å². The monoisotopic (exact) mass is 415 g/mol. The molecule has 0 radical (unpaired) electrons. The number of halogens is 2. The summed E-state index contributed by atoms with van der Waals surface area (Å²) in [4.78, 5) is 0. The molecule has 0 aliphatic carbocycles. The first-order chi connectivity index (χ1) is 13.0. The summed E-state index contributed by atoms with van der Waals surface area (Å²) in [6.45, 7) is 7.43. The van der Waals surface area contributed by atoms with Crippen LogP contribution in [0.15, 0.2) is 0 Å². The third-order valence-electron chi connectivity index (χ3n) is 4.85. The van der Waals surface area contributed by atoms with Crippen molar-refractivity contribution in [1.82, 2.24) is 0 Å². The molecule has 5 nitrogen and oxygen atoms in total. The molecule has 0 heterocycles. The average molecular weight is 416 g/mol. The van der Waals surface area contributed by atoms with Crippen LogP contribution < -0.4 is 0 Å². The van der Waals surface area contributed by atoms with Crippen molar-refractivity contribution in [2.75, 3.05) is 26.2 Å². The van der Waals surface area contributed by atoms with Crippen LogP contribution in [0.1, 0.15) is 79.1 Å². The molecule has 0 spiro atoms. The maximum absolute atomic E-state index is 12.8. The van der Waals surface area contributed by atoms with Crippen molar-refractivity contribution < 1.29 is 12.9 Å². The molecule has 8 heteroatoms. The first-order valence-electron chi connectivity index (χ1n) is 10.2. The van der Waals surface area contributed by atoms with Gasteiger partial charge in [-0.2, -0.15) is 0 Å². The van der Waals surface area contributed by atoms with E-state index in [0.717, 1.165) is 0 Å². The summed E-state index contributed by atoms with van der Waals surface area (Å²) in [5.74, 6) is 0.949. The molecule has 0 aliphatic heterocycles. The van der Waals surface area contributed by atoms with Gasteiger partial charge in [0.05, 0.1) is 26.2 Å². The Kier molecular flexibility index (Phi) is 12.1. The van der Waals surface area contributed by atoms with E-state index in [9.17, 15) is 8.39 Å². The topological polar surface area (TPSA) is 95.2 Å². The van der Waals surface area contributed by atoms with Gasteiger partial charge in [-0.05, 0) is 25.7 Å². The number of nitrogens with zero attached hydrogens (tertiary/aromatic N) is 5. The Morgan fingerprint density at radius 2 is 0.786 bits per heavy atom. The minimum atomic E-state index is -7.59. The summed E-state index contributed by atoms with van der Waals surface area (Å²) in [7, 11) is 0. The molecule has 0 unspecified atom stereocenters. The normalized spacial score (nSPS) is 13.4. The van der Waals surface area contributed by atoms with E-state index in [1.165, 1.54) is 82.0 Å². The Bertz CT molecular complexity index is 534. The molecule has 0 atom stereocenters. The van der Waals surface area contributed by atoms with Gasteiger partial charge in [0.1, 0.15) is 0 Å². The molecule has 160 valence electrons. The van der Waals surface area contributed by atoms with Crippen LogP contribution in [-0.2, 0) is 0 Å². The van der Waals surface area contributed by atoms with E-state index >= 15 is 0 Å². The van der Waals surface area contributed by atoms with E-state index in [1.807, 2.05) is 0 Å². The van der Waals surface area contributed by atoms with Gasteiger partial charge in [0.15, 0.2) is 0 Å². The predicted molar refractivity (Wildman–Crippen MR) is 111 cm³/mol. The summed E-state index contributed by atoms with van der Waals surface area (Å²) in [6.07, 6.45) is 11.1. The molecule has 0 saturated carbocycles. The number of unbranched alkanes of at least 4 members (excludes halogenated alkanes) is 4. The van der Waals surface area contributed by atoms with Crippen LogP contribution in [0, 0.1) is 44.3 Å². The first kappa shape index (κ1) is 28.4. The van der Waals surface area contributed by atoms with E-state index in [-0.39, 0.29) is 23.2 Å². The van der Waals surface area contributed by atoms with Gasteiger partial charge in [0.25, 0.3) is 0 Å². The van der Waals surface area contributed by atoms with Crippen molar-refractivity contribution in [1.29, 1.82) is 21.0 Å². The van der Waals surface area contributed by atoms with Crippen LogP contribution in [0.4, 0.5) is 8.39 Å². The number of hydrogen-bond acceptors (Lipinski definition) is 4. The number of hydrogen-bond donors (Lipinski definition) is 0. The van der Waals surface area contributed by atoms with Gasteiger partial charge in [-0.25, -0.2) is 0 Å². The summed E-state index contributed by atoms with van der Waals surface area (Å²) in [5, 5.41) is 31.6. The molecule has 0 saturated heterocycles. The van der Waals surface area contributed by atoms with Crippen LogP contribution >= 0.6 is 6.57 Å². The van der Waals surface area contributed by atoms with Gasteiger partial charge in [-0.3, -0.25) is 0 Å². The number of rotatable bonds is 12. The van der Waals surface area contributed by atoms with Crippen LogP contribution in [0.5, 0.6) is 0 Å². The molecule has 0 rings (SSSR count). The first-order valence-corrected chi connectivity index (χ1v) is 12.7. The molecule has 0 amide bonds. The van der Waals surface area contributed by atoms with Crippen molar-refractivity contribution in [3.63, 3.8) is 0 Å². The Morgan fingerprint density at radius 1 is 0.571 bits per heavy atom. The summed E-state index contributed by atoms with van der Waals surface area (Å²) in [6, 6.07) is 0. The zero-order chi connectivity index (χ0) is 22.2. The third kappa shape index (κ3) is 8.93. The maximum atomic E-state index is 12.8. The second-order valence-corrected chi connectivity index (χ2v) is 11.1. The van der Waals surface area contributed by atoms with Crippen LogP contribution in [0.25, 0.3) is 0 Å². The molecule has 0 bridgehead atoms. The van der Waals surface area contributed by atoms with Gasteiger partial charge in [-0.15, -0.1) is 0 Å². The van der Waals surface area contributed by atoms with E-state index in [1.54, 1.807) is 0 Å². The Morgan fingerprint density at radius 3 is 0.893 bits per heavy atom. The second kappa shape index (κ2) is 11.9. The standard InChI is InChI=1S/C16H36N.C4F2N4P/c1-5-9-13-17(14-10-6-2,15-11-7-3)16-12-8-4;5-11(6,1-7,2-8,3-9)4-10/h5-16H2,1-4H3;/q+1;-1. The SMILES string of the molecule is CCCC[N+](CCCC)(CCCC)CCCC.N#C[P-](F)(F)(C#N)(C#N)C#N.